The molecule has 0 aliphatic carbocycles. The van der Waals surface area contributed by atoms with E-state index < -0.39 is 0 Å². The van der Waals surface area contributed by atoms with E-state index in [1.807, 2.05) is 0 Å². The minimum Gasteiger partial charge on any atom is -0.326 e. The van der Waals surface area contributed by atoms with E-state index in [2.05, 4.69) is 13.8 Å². The van der Waals surface area contributed by atoms with Crippen molar-refractivity contribution in [3.63, 3.8) is 0 Å². The zero-order valence-corrected chi connectivity index (χ0v) is 6.43. The lowest BCUT2D eigenvalue weighted by molar-refractivity contribution is 0.479. The Balaban J connectivity index is 3.32. The first-order chi connectivity index (χ1) is 4.22. The Morgan fingerprint density at radius 2 is 1.67 bits per heavy atom. The van der Waals surface area contributed by atoms with Crippen molar-refractivity contribution >= 4 is 0 Å². The summed E-state index contributed by atoms with van der Waals surface area (Å²) in [4.78, 5) is 0. The summed E-state index contributed by atoms with van der Waals surface area (Å²) in [7, 11) is 0. The van der Waals surface area contributed by atoms with Crippen LogP contribution in [-0.2, 0) is 0 Å². The third-order valence-corrected chi connectivity index (χ3v) is 1.64. The molecule has 0 aliphatic heterocycles. The fourth-order valence-electron chi connectivity index (χ4n) is 0.850. The lowest BCUT2D eigenvalue weighted by Gasteiger charge is -2.16. The first-order valence-electron chi connectivity index (χ1n) is 3.73. The summed E-state index contributed by atoms with van der Waals surface area (Å²) in [5.74, 6) is 0. The fourth-order valence-corrected chi connectivity index (χ4v) is 0.850. The van der Waals surface area contributed by atoms with Gasteiger partial charge in [-0.2, -0.15) is 0 Å². The third kappa shape index (κ3) is 3.49. The van der Waals surface area contributed by atoms with Gasteiger partial charge < -0.3 is 11.5 Å². The van der Waals surface area contributed by atoms with Crippen molar-refractivity contribution in [3.8, 4) is 0 Å². The van der Waals surface area contributed by atoms with E-state index in [4.69, 9.17) is 11.5 Å². The molecule has 4 N–H and O–H groups in total. The maximum Gasteiger partial charge on any atom is 0.0192 e. The molecule has 0 saturated heterocycles. The van der Waals surface area contributed by atoms with Gasteiger partial charge in [-0.1, -0.05) is 20.3 Å². The van der Waals surface area contributed by atoms with E-state index in [1.165, 1.54) is 0 Å². The smallest absolute Gasteiger partial charge is 0.0192 e. The average molecular weight is 130 g/mol. The van der Waals surface area contributed by atoms with E-state index in [9.17, 15) is 0 Å². The summed E-state index contributed by atoms with van der Waals surface area (Å²) in [6.45, 7) is 4.20. The Hall–Kier alpha value is -0.0800. The highest BCUT2D eigenvalue weighted by atomic mass is 14.8. The Morgan fingerprint density at radius 3 is 2.00 bits per heavy atom. The molecule has 0 aromatic carbocycles. The van der Waals surface area contributed by atoms with Crippen molar-refractivity contribution < 1.29 is 0 Å². The normalized spacial score (nSPS) is 17.3. The Morgan fingerprint density at radius 1 is 1.11 bits per heavy atom. The van der Waals surface area contributed by atoms with Gasteiger partial charge in [-0.25, -0.2) is 0 Å². The molecule has 0 saturated carbocycles. The molecule has 0 aliphatic rings. The fraction of sp³-hybridized carbons (Fsp3) is 1.00. The quantitative estimate of drug-likeness (QED) is 0.592. The van der Waals surface area contributed by atoms with Gasteiger partial charge in [-0.3, -0.25) is 0 Å². The van der Waals surface area contributed by atoms with Crippen molar-refractivity contribution in [1.29, 1.82) is 0 Å². The molecule has 0 bridgehead atoms. The van der Waals surface area contributed by atoms with Gasteiger partial charge in [0.05, 0.1) is 0 Å². The highest BCUT2D eigenvalue weighted by molar-refractivity contribution is 4.73. The molecule has 0 heterocycles. The molecule has 0 radical (unpaired) electrons. The Bertz CT molecular complexity index is 63.9. The summed E-state index contributed by atoms with van der Waals surface area (Å²) >= 11 is 0. The molecule has 0 rings (SSSR count). The topological polar surface area (TPSA) is 52.0 Å². The van der Waals surface area contributed by atoms with Gasteiger partial charge in [0.15, 0.2) is 0 Å². The number of hydrogen-bond donors (Lipinski definition) is 2. The van der Waals surface area contributed by atoms with Gasteiger partial charge >= 0.3 is 0 Å². The average Bonchev–Trinajstić information content (AvgIpc) is 1.87. The van der Waals surface area contributed by atoms with Gasteiger partial charge in [0, 0.05) is 12.1 Å². The highest BCUT2D eigenvalue weighted by Crippen LogP contribution is 1.99. The monoisotopic (exact) mass is 130 g/mol. The van der Waals surface area contributed by atoms with Gasteiger partial charge in [0.25, 0.3) is 0 Å². The molecule has 2 nitrogen and oxygen atoms in total. The predicted octanol–water partition coefficient (Wildman–Crippen LogP) is 0.851. The molecule has 2 atom stereocenters. The molecular weight excluding hydrogens is 112 g/mol. The molecule has 56 valence electrons. The number of rotatable bonds is 4. The number of hydrogen-bond acceptors (Lipinski definition) is 2. The molecule has 0 aromatic heterocycles. The van der Waals surface area contributed by atoms with Crippen molar-refractivity contribution in [2.24, 2.45) is 11.5 Å². The minimum atomic E-state index is 0.199. The summed E-state index contributed by atoms with van der Waals surface area (Å²) in [5, 5.41) is 0. The molecule has 2 heteroatoms. The summed E-state index contributed by atoms with van der Waals surface area (Å²) < 4.78 is 0. The number of nitrogens with two attached hydrogens (primary N) is 2. The van der Waals surface area contributed by atoms with Gasteiger partial charge in [0.2, 0.25) is 0 Å². The maximum atomic E-state index is 5.71. The van der Waals surface area contributed by atoms with E-state index in [0.29, 0.717) is 0 Å². The molecule has 0 spiro atoms. The largest absolute Gasteiger partial charge is 0.326 e. The molecule has 9 heavy (non-hydrogen) atoms. The van der Waals surface area contributed by atoms with Crippen LogP contribution < -0.4 is 11.5 Å². The second kappa shape index (κ2) is 4.77. The predicted molar refractivity (Wildman–Crippen MR) is 41.1 cm³/mol. The van der Waals surface area contributed by atoms with Crippen LogP contribution in [0.1, 0.15) is 33.1 Å². The van der Waals surface area contributed by atoms with Crippen LogP contribution >= 0.6 is 0 Å². The van der Waals surface area contributed by atoms with Crippen LogP contribution in [0.2, 0.25) is 0 Å². The van der Waals surface area contributed by atoms with Crippen LogP contribution in [0.3, 0.4) is 0 Å². The second-order valence-corrected chi connectivity index (χ2v) is 2.52. The maximum absolute atomic E-state index is 5.71. The van der Waals surface area contributed by atoms with Gasteiger partial charge in [-0.05, 0) is 12.8 Å². The molecule has 1 unspecified atom stereocenters. The first kappa shape index (κ1) is 8.92. The molecule has 0 fully saturated rings. The Labute approximate surface area is 57.6 Å². The van der Waals surface area contributed by atoms with E-state index >= 15 is 0 Å². The van der Waals surface area contributed by atoms with Crippen LogP contribution in [0, 0.1) is 0 Å². The first-order valence-corrected chi connectivity index (χ1v) is 3.73. The second-order valence-electron chi connectivity index (χ2n) is 2.52. The van der Waals surface area contributed by atoms with Crippen molar-refractivity contribution in [2.45, 2.75) is 45.2 Å². The zero-order chi connectivity index (χ0) is 7.28. The van der Waals surface area contributed by atoms with Gasteiger partial charge in [-0.15, -0.1) is 0 Å². The summed E-state index contributed by atoms with van der Waals surface area (Å²) in [5.41, 5.74) is 11.4. The standard InChI is InChI=1S/C7H18N2/c1-3-5-7(9)6(8)4-2/h6-7H,3-5,8-9H2,1-2H3/t6?,7-/m1/s1. The summed E-state index contributed by atoms with van der Waals surface area (Å²) in [6, 6.07) is 0.407. The molecule has 0 amide bonds. The van der Waals surface area contributed by atoms with Crippen molar-refractivity contribution in [2.75, 3.05) is 0 Å². The van der Waals surface area contributed by atoms with Crippen LogP contribution in [0.4, 0.5) is 0 Å². The SMILES string of the molecule is CCC[C@@H](N)C(N)CC. The van der Waals surface area contributed by atoms with Crippen LogP contribution in [0.25, 0.3) is 0 Å². The molecule has 0 aromatic rings. The van der Waals surface area contributed by atoms with E-state index in [1.54, 1.807) is 0 Å². The van der Waals surface area contributed by atoms with E-state index in [0.717, 1.165) is 19.3 Å². The molecular formula is C7H18N2. The summed E-state index contributed by atoms with van der Waals surface area (Å²) in [6.07, 6.45) is 3.17. The van der Waals surface area contributed by atoms with Crippen molar-refractivity contribution in [3.05, 3.63) is 0 Å². The zero-order valence-electron chi connectivity index (χ0n) is 6.43. The van der Waals surface area contributed by atoms with Crippen LogP contribution in [0.15, 0.2) is 0 Å². The van der Waals surface area contributed by atoms with Crippen LogP contribution in [0.5, 0.6) is 0 Å². The highest BCUT2D eigenvalue weighted by Gasteiger charge is 2.08. The lowest BCUT2D eigenvalue weighted by Crippen LogP contribution is -2.40. The van der Waals surface area contributed by atoms with Crippen LogP contribution in [-0.4, -0.2) is 12.1 Å². The third-order valence-electron chi connectivity index (χ3n) is 1.64. The minimum absolute atomic E-state index is 0.199. The van der Waals surface area contributed by atoms with E-state index in [-0.39, 0.29) is 12.1 Å². The van der Waals surface area contributed by atoms with Crippen molar-refractivity contribution in [1.82, 2.24) is 0 Å². The lowest BCUT2D eigenvalue weighted by atomic mass is 10.0. The van der Waals surface area contributed by atoms with Gasteiger partial charge in [0.1, 0.15) is 0 Å². The Kier molecular flexibility index (Phi) is 4.72.